The van der Waals surface area contributed by atoms with Gasteiger partial charge in [0.2, 0.25) is 5.95 Å². The first-order chi connectivity index (χ1) is 25.1. The number of ether oxygens (including phenoxy) is 2. The molecule has 3 heterocycles. The molecule has 12 heteroatoms. The van der Waals surface area contributed by atoms with Gasteiger partial charge >= 0.3 is 6.09 Å². The summed E-state index contributed by atoms with van der Waals surface area (Å²) in [4.78, 5) is 26.4. The quantitative estimate of drug-likeness (QED) is 0.130. The lowest BCUT2D eigenvalue weighted by molar-refractivity contribution is 0.0965. The first kappa shape index (κ1) is 36.5. The van der Waals surface area contributed by atoms with Crippen LogP contribution in [0.2, 0.25) is 0 Å². The van der Waals surface area contributed by atoms with Gasteiger partial charge in [0.1, 0.15) is 19.0 Å². The van der Waals surface area contributed by atoms with Gasteiger partial charge in [0.15, 0.2) is 11.6 Å². The van der Waals surface area contributed by atoms with E-state index in [1.165, 1.54) is 29.0 Å². The van der Waals surface area contributed by atoms with Crippen LogP contribution in [0.25, 0.3) is 11.1 Å². The molecule has 1 amide bonds. The van der Waals surface area contributed by atoms with Gasteiger partial charge in [-0.15, -0.1) is 0 Å². The number of carbonyl (C=O) groups is 1. The molecule has 0 aliphatic carbocycles. The molecule has 272 valence electrons. The van der Waals surface area contributed by atoms with Gasteiger partial charge in [0.25, 0.3) is 0 Å². The number of piperazine rings is 1. The molecular formula is C40H47FN8O3. The van der Waals surface area contributed by atoms with Gasteiger partial charge in [-0.05, 0) is 104 Å². The van der Waals surface area contributed by atoms with E-state index in [1.54, 1.807) is 24.4 Å². The van der Waals surface area contributed by atoms with E-state index in [4.69, 9.17) is 9.47 Å². The molecule has 6 rings (SSSR count). The van der Waals surface area contributed by atoms with Gasteiger partial charge < -0.3 is 14.8 Å². The summed E-state index contributed by atoms with van der Waals surface area (Å²) < 4.78 is 28.3. The normalized spacial score (nSPS) is 13.7. The van der Waals surface area contributed by atoms with E-state index >= 15 is 0 Å². The number of aryl methyl sites for hydroxylation is 1. The van der Waals surface area contributed by atoms with Gasteiger partial charge in [0.05, 0.1) is 6.54 Å². The number of amides is 1. The molecule has 0 atom stereocenters. The summed E-state index contributed by atoms with van der Waals surface area (Å²) in [5, 5.41) is 10.0. The Morgan fingerprint density at radius 2 is 1.75 bits per heavy atom. The SMILES string of the molecule is Cc1ccc(-c2ccc(Cn3cccn3)cc2COC(=O)Nc2ccnc(Nc3ccc(OCCN4CCN(C(C)C)CC4)c(F)c3)n2)c(C)c1C. The second-order valence-corrected chi connectivity index (χ2v) is 13.4. The van der Waals surface area contributed by atoms with Crippen molar-refractivity contribution in [2.75, 3.05) is 50.0 Å². The van der Waals surface area contributed by atoms with Crippen molar-refractivity contribution in [2.24, 2.45) is 0 Å². The van der Waals surface area contributed by atoms with Crippen molar-refractivity contribution in [2.45, 2.75) is 53.8 Å². The van der Waals surface area contributed by atoms with Crippen molar-refractivity contribution >= 4 is 23.5 Å². The molecule has 5 aromatic rings. The van der Waals surface area contributed by atoms with Crippen LogP contribution in [0.15, 0.2) is 79.3 Å². The Bertz CT molecular complexity index is 1980. The zero-order chi connectivity index (χ0) is 36.6. The fraction of sp³-hybridized carbons (Fsp3) is 0.350. The Labute approximate surface area is 304 Å². The van der Waals surface area contributed by atoms with Gasteiger partial charge in [-0.3, -0.25) is 19.8 Å². The molecule has 0 saturated carbocycles. The molecular weight excluding hydrogens is 659 g/mol. The summed E-state index contributed by atoms with van der Waals surface area (Å²) in [5.41, 5.74) is 8.06. The number of anilines is 3. The highest BCUT2D eigenvalue weighted by molar-refractivity contribution is 5.83. The summed E-state index contributed by atoms with van der Waals surface area (Å²) in [6, 6.07) is 19.0. The maximum atomic E-state index is 14.9. The number of halogens is 1. The maximum Gasteiger partial charge on any atom is 0.413 e. The molecule has 1 aliphatic rings. The van der Waals surface area contributed by atoms with Crippen LogP contribution >= 0.6 is 0 Å². The minimum absolute atomic E-state index is 0.0408. The van der Waals surface area contributed by atoms with E-state index in [0.29, 0.717) is 24.9 Å². The average Bonchev–Trinajstić information content (AvgIpc) is 3.64. The number of nitrogens with zero attached hydrogens (tertiary/aromatic N) is 6. The number of nitrogens with one attached hydrogen (secondary N) is 2. The summed E-state index contributed by atoms with van der Waals surface area (Å²) in [6.07, 6.45) is 4.49. The van der Waals surface area contributed by atoms with Gasteiger partial charge in [-0.2, -0.15) is 10.1 Å². The highest BCUT2D eigenvalue weighted by Gasteiger charge is 2.19. The number of hydrogen-bond donors (Lipinski definition) is 2. The van der Waals surface area contributed by atoms with Crippen LogP contribution in [0.5, 0.6) is 5.75 Å². The van der Waals surface area contributed by atoms with Crippen LogP contribution in [0.4, 0.5) is 26.6 Å². The van der Waals surface area contributed by atoms with Gasteiger partial charge in [-0.25, -0.2) is 14.2 Å². The fourth-order valence-electron chi connectivity index (χ4n) is 6.34. The van der Waals surface area contributed by atoms with Crippen molar-refractivity contribution in [3.05, 3.63) is 113 Å². The summed E-state index contributed by atoms with van der Waals surface area (Å²) >= 11 is 0. The zero-order valence-corrected chi connectivity index (χ0v) is 30.5. The minimum atomic E-state index is -0.667. The van der Waals surface area contributed by atoms with Crippen molar-refractivity contribution in [3.63, 3.8) is 0 Å². The third kappa shape index (κ3) is 9.31. The lowest BCUT2D eigenvalue weighted by Gasteiger charge is -2.36. The summed E-state index contributed by atoms with van der Waals surface area (Å²) in [7, 11) is 0. The fourth-order valence-corrected chi connectivity index (χ4v) is 6.34. The monoisotopic (exact) mass is 706 g/mol. The Hall–Kier alpha value is -5.33. The molecule has 11 nitrogen and oxygen atoms in total. The molecule has 0 spiro atoms. The number of rotatable bonds is 13. The molecule has 0 bridgehead atoms. The molecule has 1 saturated heterocycles. The van der Waals surface area contributed by atoms with Crippen LogP contribution in [-0.4, -0.2) is 81.0 Å². The van der Waals surface area contributed by atoms with Gasteiger partial charge in [-0.1, -0.05) is 24.3 Å². The molecule has 3 aromatic carbocycles. The molecule has 52 heavy (non-hydrogen) atoms. The molecule has 2 aromatic heterocycles. The molecule has 2 N–H and O–H groups in total. The van der Waals surface area contributed by atoms with Crippen LogP contribution in [-0.2, 0) is 17.9 Å². The van der Waals surface area contributed by atoms with Crippen molar-refractivity contribution in [1.29, 1.82) is 0 Å². The topological polar surface area (TPSA) is 110 Å². The zero-order valence-electron chi connectivity index (χ0n) is 30.5. The van der Waals surface area contributed by atoms with Crippen molar-refractivity contribution < 1.29 is 18.7 Å². The Balaban J connectivity index is 1.05. The van der Waals surface area contributed by atoms with Crippen LogP contribution in [0.3, 0.4) is 0 Å². The lowest BCUT2D eigenvalue weighted by atomic mass is 9.91. The largest absolute Gasteiger partial charge is 0.489 e. The highest BCUT2D eigenvalue weighted by atomic mass is 19.1. The second-order valence-electron chi connectivity index (χ2n) is 13.4. The predicted octanol–water partition coefficient (Wildman–Crippen LogP) is 7.35. The van der Waals surface area contributed by atoms with E-state index in [-0.39, 0.29) is 24.1 Å². The molecule has 0 radical (unpaired) electrons. The number of carbonyl (C=O) groups excluding carboxylic acids is 1. The molecule has 1 fully saturated rings. The summed E-state index contributed by atoms with van der Waals surface area (Å²) in [6.45, 7) is 16.6. The van der Waals surface area contributed by atoms with Gasteiger partial charge in [0, 0.05) is 69.1 Å². The van der Waals surface area contributed by atoms with E-state index in [2.05, 4.69) is 100 Å². The smallest absolute Gasteiger partial charge is 0.413 e. The van der Waals surface area contributed by atoms with Crippen LogP contribution < -0.4 is 15.4 Å². The molecule has 1 aliphatic heterocycles. The lowest BCUT2D eigenvalue weighted by Crippen LogP contribution is -2.49. The third-order valence-corrected chi connectivity index (χ3v) is 9.66. The Morgan fingerprint density at radius 3 is 2.50 bits per heavy atom. The van der Waals surface area contributed by atoms with Crippen molar-refractivity contribution in [1.82, 2.24) is 29.5 Å². The number of hydrogen-bond acceptors (Lipinski definition) is 9. The van der Waals surface area contributed by atoms with E-state index < -0.39 is 11.9 Å². The first-order valence-corrected chi connectivity index (χ1v) is 17.7. The van der Waals surface area contributed by atoms with E-state index in [1.807, 2.05) is 16.9 Å². The number of benzene rings is 3. The summed E-state index contributed by atoms with van der Waals surface area (Å²) in [5.74, 6) is 0.116. The first-order valence-electron chi connectivity index (χ1n) is 17.7. The van der Waals surface area contributed by atoms with E-state index in [9.17, 15) is 9.18 Å². The third-order valence-electron chi connectivity index (χ3n) is 9.66. The predicted molar refractivity (Wildman–Crippen MR) is 202 cm³/mol. The standard InChI is InChI=1S/C40H47FN8O3/c1-27(2)48-19-17-47(18-20-48)21-22-51-37-12-9-33(24-36(37)41)44-39-42-15-13-38(45-39)46-40(50)52-26-32-23-31(25-49-16-6-14-43-49)8-11-35(32)34-10-7-28(3)29(4)30(34)5/h6-16,23-24,27H,17-22,25-26H2,1-5H3,(H2,42,44,45,46,50). The Morgan fingerprint density at radius 1 is 0.942 bits per heavy atom. The number of aromatic nitrogens is 4. The highest BCUT2D eigenvalue weighted by Crippen LogP contribution is 2.32. The molecule has 0 unspecified atom stereocenters. The van der Waals surface area contributed by atoms with E-state index in [0.717, 1.165) is 55.0 Å². The Kier molecular flexibility index (Phi) is 11.8. The second kappa shape index (κ2) is 16.8. The van der Waals surface area contributed by atoms with Crippen LogP contribution in [0, 0.1) is 26.6 Å². The average molecular weight is 707 g/mol. The maximum absolute atomic E-state index is 14.9. The van der Waals surface area contributed by atoms with Crippen LogP contribution in [0.1, 0.15) is 41.7 Å². The van der Waals surface area contributed by atoms with Crippen molar-refractivity contribution in [3.8, 4) is 16.9 Å². The minimum Gasteiger partial charge on any atom is -0.489 e.